The second-order valence-corrected chi connectivity index (χ2v) is 6.37. The maximum atomic E-state index is 12.4. The molecule has 0 aliphatic rings. The third-order valence-electron chi connectivity index (χ3n) is 3.54. The zero-order valence-electron chi connectivity index (χ0n) is 13.9. The Morgan fingerprint density at radius 2 is 1.81 bits per heavy atom. The van der Waals surface area contributed by atoms with Crippen molar-refractivity contribution in [2.24, 2.45) is 10.7 Å². The fraction of sp³-hybridized carbons (Fsp3) is 0.105. The predicted octanol–water partition coefficient (Wildman–Crippen LogP) is 2.20. The van der Waals surface area contributed by atoms with Gasteiger partial charge in [-0.1, -0.05) is 30.3 Å². The maximum absolute atomic E-state index is 12.4. The first kappa shape index (κ1) is 17.6. The van der Waals surface area contributed by atoms with E-state index in [1.807, 2.05) is 46.5 Å². The molecule has 0 fully saturated rings. The lowest BCUT2D eigenvalue weighted by Gasteiger charge is -2.04. The topological polar surface area (TPSA) is 86.7 Å². The highest BCUT2D eigenvalue weighted by Crippen LogP contribution is 2.13. The van der Waals surface area contributed by atoms with Crippen molar-refractivity contribution in [3.8, 4) is 5.75 Å². The summed E-state index contributed by atoms with van der Waals surface area (Å²) in [6.07, 6.45) is 1.91. The lowest BCUT2D eigenvalue weighted by molar-refractivity contribution is -0.119. The van der Waals surface area contributed by atoms with Crippen LogP contribution < -0.4 is 15.3 Å². The van der Waals surface area contributed by atoms with Crippen LogP contribution in [-0.4, -0.2) is 23.0 Å². The van der Waals surface area contributed by atoms with Crippen molar-refractivity contribution in [3.63, 3.8) is 0 Å². The third kappa shape index (κ3) is 4.67. The molecule has 1 aromatic heterocycles. The predicted molar refractivity (Wildman–Crippen MR) is 98.9 cm³/mol. The van der Waals surface area contributed by atoms with Crippen molar-refractivity contribution in [1.29, 1.82) is 0 Å². The first-order valence-electron chi connectivity index (χ1n) is 7.90. The first-order chi connectivity index (χ1) is 12.6. The Balaban J connectivity index is 1.75. The highest BCUT2D eigenvalue weighted by molar-refractivity contribution is 7.07. The molecule has 0 atom stereocenters. The molecule has 6 nitrogen and oxygen atoms in total. The van der Waals surface area contributed by atoms with Crippen molar-refractivity contribution in [3.05, 3.63) is 82.1 Å². The number of nitrogens with zero attached hydrogens (tertiary/aromatic N) is 2. The molecule has 26 heavy (non-hydrogen) atoms. The molecule has 0 radical (unpaired) electrons. The minimum atomic E-state index is -0.555. The van der Waals surface area contributed by atoms with E-state index in [2.05, 4.69) is 4.99 Å². The largest absolute Gasteiger partial charge is 0.484 e. The molecule has 0 aliphatic carbocycles. The van der Waals surface area contributed by atoms with E-state index in [0.29, 0.717) is 22.7 Å². The van der Waals surface area contributed by atoms with Gasteiger partial charge < -0.3 is 15.0 Å². The molecule has 2 N–H and O–H groups in total. The molecule has 0 spiro atoms. The van der Waals surface area contributed by atoms with Crippen LogP contribution in [0.3, 0.4) is 0 Å². The summed E-state index contributed by atoms with van der Waals surface area (Å²) in [6, 6.07) is 16.4. The Morgan fingerprint density at radius 3 is 2.50 bits per heavy atom. The van der Waals surface area contributed by atoms with Crippen molar-refractivity contribution in [2.75, 3.05) is 6.61 Å². The molecule has 1 heterocycles. The number of hydrogen-bond donors (Lipinski definition) is 1. The number of ether oxygens (including phenoxy) is 1. The molecular weight excluding hydrogens is 350 g/mol. The molecule has 2 amide bonds. The summed E-state index contributed by atoms with van der Waals surface area (Å²) >= 11 is 1.41. The second kappa shape index (κ2) is 8.26. The standard InChI is InChI=1S/C19H17N3O3S/c20-17(23)13-25-16-8-6-15(7-9-16)18(24)21-19-22(10-11-26-19)12-14-4-2-1-3-5-14/h1-11H,12-13H2,(H2,20,23). The van der Waals surface area contributed by atoms with Crippen LogP contribution in [0, 0.1) is 0 Å². The molecular formula is C19H17N3O3S. The van der Waals surface area contributed by atoms with E-state index in [1.54, 1.807) is 24.3 Å². The van der Waals surface area contributed by atoms with Crippen LogP contribution in [0.25, 0.3) is 0 Å². The van der Waals surface area contributed by atoms with Crippen LogP contribution in [0.4, 0.5) is 0 Å². The van der Waals surface area contributed by atoms with Crippen molar-refractivity contribution in [2.45, 2.75) is 6.54 Å². The zero-order chi connectivity index (χ0) is 18.4. The van der Waals surface area contributed by atoms with E-state index in [0.717, 1.165) is 5.56 Å². The van der Waals surface area contributed by atoms with E-state index in [1.165, 1.54) is 11.3 Å². The molecule has 3 rings (SSSR count). The summed E-state index contributed by atoms with van der Waals surface area (Å²) < 4.78 is 7.11. The Hall–Kier alpha value is -3.19. The van der Waals surface area contributed by atoms with Crippen molar-refractivity contribution in [1.82, 2.24) is 4.57 Å². The van der Waals surface area contributed by atoms with E-state index < -0.39 is 5.91 Å². The number of benzene rings is 2. The highest BCUT2D eigenvalue weighted by atomic mass is 32.1. The van der Waals surface area contributed by atoms with Gasteiger partial charge in [0.15, 0.2) is 11.4 Å². The molecule has 2 aromatic carbocycles. The molecule has 0 unspecified atom stereocenters. The van der Waals surface area contributed by atoms with Gasteiger partial charge in [-0.3, -0.25) is 9.59 Å². The first-order valence-corrected chi connectivity index (χ1v) is 8.78. The monoisotopic (exact) mass is 367 g/mol. The Kier molecular flexibility index (Phi) is 5.60. The van der Waals surface area contributed by atoms with Gasteiger partial charge >= 0.3 is 0 Å². The maximum Gasteiger partial charge on any atom is 0.279 e. The molecule has 7 heteroatoms. The van der Waals surface area contributed by atoms with Crippen LogP contribution in [0.15, 0.2) is 71.2 Å². The van der Waals surface area contributed by atoms with E-state index >= 15 is 0 Å². The second-order valence-electron chi connectivity index (χ2n) is 5.50. The number of amides is 2. The van der Waals surface area contributed by atoms with Gasteiger partial charge in [-0.25, -0.2) is 0 Å². The molecule has 0 saturated carbocycles. The Morgan fingerprint density at radius 1 is 1.08 bits per heavy atom. The van der Waals surface area contributed by atoms with Gasteiger partial charge in [0.25, 0.3) is 11.8 Å². The molecule has 3 aromatic rings. The van der Waals surface area contributed by atoms with Gasteiger partial charge in [-0.2, -0.15) is 4.99 Å². The Labute approximate surface area is 154 Å². The number of primary amides is 1. The SMILES string of the molecule is NC(=O)COc1ccc(C(=O)N=c2sccn2Cc2ccccc2)cc1. The van der Waals surface area contributed by atoms with Crippen LogP contribution in [0.2, 0.25) is 0 Å². The summed E-state index contributed by atoms with van der Waals surface area (Å²) in [5, 5.41) is 1.90. The van der Waals surface area contributed by atoms with E-state index in [-0.39, 0.29) is 12.5 Å². The molecule has 0 bridgehead atoms. The minimum absolute atomic E-state index is 0.202. The number of thiazole rings is 1. The average Bonchev–Trinajstić information content (AvgIpc) is 3.08. The fourth-order valence-corrected chi connectivity index (χ4v) is 3.01. The highest BCUT2D eigenvalue weighted by Gasteiger charge is 2.06. The summed E-state index contributed by atoms with van der Waals surface area (Å²) in [6.45, 7) is 0.447. The average molecular weight is 367 g/mol. The normalized spacial score (nSPS) is 11.3. The number of aromatic nitrogens is 1. The number of hydrogen-bond acceptors (Lipinski definition) is 4. The lowest BCUT2D eigenvalue weighted by Crippen LogP contribution is -2.20. The van der Waals surface area contributed by atoms with Crippen LogP contribution >= 0.6 is 11.3 Å². The lowest BCUT2D eigenvalue weighted by atomic mass is 10.2. The van der Waals surface area contributed by atoms with Gasteiger partial charge in [0.1, 0.15) is 5.75 Å². The number of carbonyl (C=O) groups is 2. The Bertz CT molecular complexity index is 959. The van der Waals surface area contributed by atoms with Gasteiger partial charge in [0.2, 0.25) is 0 Å². The van der Waals surface area contributed by atoms with Gasteiger partial charge in [0, 0.05) is 23.7 Å². The number of carbonyl (C=O) groups excluding carboxylic acids is 2. The quantitative estimate of drug-likeness (QED) is 0.725. The summed E-state index contributed by atoms with van der Waals surface area (Å²) in [5.74, 6) is -0.424. The third-order valence-corrected chi connectivity index (χ3v) is 4.33. The molecule has 0 saturated heterocycles. The van der Waals surface area contributed by atoms with Crippen LogP contribution in [0.1, 0.15) is 15.9 Å². The van der Waals surface area contributed by atoms with Gasteiger partial charge in [-0.15, -0.1) is 11.3 Å². The zero-order valence-corrected chi connectivity index (χ0v) is 14.7. The van der Waals surface area contributed by atoms with Gasteiger partial charge in [0.05, 0.1) is 0 Å². The van der Waals surface area contributed by atoms with E-state index in [4.69, 9.17) is 10.5 Å². The van der Waals surface area contributed by atoms with Crippen molar-refractivity contribution >= 4 is 23.2 Å². The smallest absolute Gasteiger partial charge is 0.279 e. The van der Waals surface area contributed by atoms with Crippen LogP contribution in [-0.2, 0) is 11.3 Å². The number of rotatable bonds is 6. The molecule has 132 valence electrons. The molecule has 0 aliphatic heterocycles. The summed E-state index contributed by atoms with van der Waals surface area (Å²) in [4.78, 5) is 28.0. The minimum Gasteiger partial charge on any atom is -0.484 e. The fourth-order valence-electron chi connectivity index (χ4n) is 2.29. The van der Waals surface area contributed by atoms with Crippen molar-refractivity contribution < 1.29 is 14.3 Å². The van der Waals surface area contributed by atoms with Gasteiger partial charge in [-0.05, 0) is 29.8 Å². The number of nitrogens with two attached hydrogens (primary N) is 1. The van der Waals surface area contributed by atoms with E-state index in [9.17, 15) is 9.59 Å². The van der Waals surface area contributed by atoms with Crippen LogP contribution in [0.5, 0.6) is 5.75 Å². The summed E-state index contributed by atoms with van der Waals surface area (Å²) in [5.41, 5.74) is 6.61. The summed E-state index contributed by atoms with van der Waals surface area (Å²) in [7, 11) is 0.